The number of para-hydroxylation sites is 1. The highest BCUT2D eigenvalue weighted by Crippen LogP contribution is 2.51. The van der Waals surface area contributed by atoms with Gasteiger partial charge in [0, 0.05) is 32.8 Å². The van der Waals surface area contributed by atoms with Gasteiger partial charge in [-0.2, -0.15) is 0 Å². The first-order valence-electron chi connectivity index (χ1n) is 17.4. The minimum atomic E-state index is 1.17. The van der Waals surface area contributed by atoms with E-state index in [1.807, 2.05) is 0 Å². The van der Waals surface area contributed by atoms with Crippen LogP contribution in [-0.2, 0) is 0 Å². The van der Waals surface area contributed by atoms with Crippen LogP contribution in [0.1, 0.15) is 0 Å². The highest BCUT2D eigenvalue weighted by Gasteiger charge is 2.27. The van der Waals surface area contributed by atoms with E-state index in [2.05, 4.69) is 179 Å². The lowest BCUT2D eigenvalue weighted by Gasteiger charge is -2.14. The molecule has 0 atom stereocenters. The predicted octanol–water partition coefficient (Wildman–Crippen LogP) is 13.0. The summed E-state index contributed by atoms with van der Waals surface area (Å²) in [6, 6.07) is 63.0. The Balaban J connectivity index is 1.27. The number of aromatic nitrogens is 2. The molecule has 50 heavy (non-hydrogen) atoms. The standard InChI is InChI=1S/C48H28N2/c1-2-12-32-28-33(24-22-29(32)10-1)49-42-26-23-30-11-3-4-15-34(30)45(42)39-25-27-43-47(48(39)49)37-16-5-6-20-40(37)50(43)41-21-9-18-36-35-17-7-13-31-14-8-19-38(44(31)35)46(36)41/h1-28H. The van der Waals surface area contributed by atoms with E-state index in [-0.39, 0.29) is 0 Å². The van der Waals surface area contributed by atoms with E-state index < -0.39 is 0 Å². The molecule has 0 aliphatic heterocycles. The van der Waals surface area contributed by atoms with Crippen LogP contribution in [0, 0.1) is 0 Å². The van der Waals surface area contributed by atoms with E-state index in [0.29, 0.717) is 0 Å². The van der Waals surface area contributed by atoms with Crippen LogP contribution in [0.5, 0.6) is 0 Å². The number of hydrogen-bond acceptors (Lipinski definition) is 0. The Morgan fingerprint density at radius 1 is 0.320 bits per heavy atom. The van der Waals surface area contributed by atoms with Crippen LogP contribution in [0.2, 0.25) is 0 Å². The van der Waals surface area contributed by atoms with Gasteiger partial charge < -0.3 is 9.13 Å². The Bertz CT molecular complexity index is 3260. The van der Waals surface area contributed by atoms with Crippen molar-refractivity contribution < 1.29 is 0 Å². The summed E-state index contributed by atoms with van der Waals surface area (Å²) in [5.74, 6) is 0. The molecule has 0 radical (unpaired) electrons. The molecule has 2 heterocycles. The van der Waals surface area contributed by atoms with Gasteiger partial charge in [0.15, 0.2) is 0 Å². The number of fused-ring (bicyclic) bond motifs is 13. The SMILES string of the molecule is c1cc2c(c(-n3c4ccccc4c4c3ccc3c5c6ccccc6ccc5n(-c5ccc6ccccc6c5)c34)c1)-c1cccc3cccc-2c13. The molecular weight excluding hydrogens is 605 g/mol. The Morgan fingerprint density at radius 2 is 0.980 bits per heavy atom. The van der Waals surface area contributed by atoms with Gasteiger partial charge in [0.05, 0.1) is 27.8 Å². The zero-order valence-electron chi connectivity index (χ0n) is 27.1. The van der Waals surface area contributed by atoms with Gasteiger partial charge in [0.25, 0.3) is 0 Å². The molecule has 2 aromatic heterocycles. The second-order valence-corrected chi connectivity index (χ2v) is 13.7. The maximum atomic E-state index is 2.52. The molecule has 11 aromatic rings. The highest BCUT2D eigenvalue weighted by molar-refractivity contribution is 6.30. The highest BCUT2D eigenvalue weighted by atomic mass is 15.0. The summed E-state index contributed by atoms with van der Waals surface area (Å²) < 4.78 is 5.04. The van der Waals surface area contributed by atoms with E-state index >= 15 is 0 Å². The van der Waals surface area contributed by atoms with Crippen molar-refractivity contribution >= 4 is 75.9 Å². The van der Waals surface area contributed by atoms with Crippen LogP contribution >= 0.6 is 0 Å². The predicted molar refractivity (Wildman–Crippen MR) is 212 cm³/mol. The third kappa shape index (κ3) is 3.28. The van der Waals surface area contributed by atoms with Crippen LogP contribution < -0.4 is 0 Å². The quantitative estimate of drug-likeness (QED) is 0.179. The molecule has 0 N–H and O–H groups in total. The molecule has 0 fully saturated rings. The maximum absolute atomic E-state index is 2.52. The van der Waals surface area contributed by atoms with Crippen molar-refractivity contribution in [1.29, 1.82) is 0 Å². The van der Waals surface area contributed by atoms with Crippen molar-refractivity contribution in [2.24, 2.45) is 0 Å². The average Bonchev–Trinajstić information content (AvgIpc) is 3.82. The third-order valence-electron chi connectivity index (χ3n) is 11.2. The van der Waals surface area contributed by atoms with Crippen LogP contribution in [-0.4, -0.2) is 9.13 Å². The molecule has 12 rings (SSSR count). The van der Waals surface area contributed by atoms with Gasteiger partial charge in [-0.3, -0.25) is 0 Å². The molecule has 0 bridgehead atoms. The lowest BCUT2D eigenvalue weighted by molar-refractivity contribution is 1.18. The molecule has 2 nitrogen and oxygen atoms in total. The van der Waals surface area contributed by atoms with Gasteiger partial charge in [0.2, 0.25) is 0 Å². The molecule has 0 spiro atoms. The minimum Gasteiger partial charge on any atom is -0.309 e. The molecule has 9 aromatic carbocycles. The van der Waals surface area contributed by atoms with Crippen LogP contribution in [0.25, 0.3) is 110 Å². The number of hydrogen-bond donors (Lipinski definition) is 0. The Hall–Kier alpha value is -6.64. The number of benzene rings is 9. The molecule has 230 valence electrons. The maximum Gasteiger partial charge on any atom is 0.0641 e. The first-order valence-corrected chi connectivity index (χ1v) is 17.4. The fourth-order valence-corrected chi connectivity index (χ4v) is 9.18. The monoisotopic (exact) mass is 632 g/mol. The Morgan fingerprint density at radius 3 is 1.88 bits per heavy atom. The molecule has 0 saturated carbocycles. The van der Waals surface area contributed by atoms with Crippen molar-refractivity contribution in [2.75, 3.05) is 0 Å². The molecule has 2 heteroatoms. The summed E-state index contributed by atoms with van der Waals surface area (Å²) in [5, 5.41) is 12.8. The van der Waals surface area contributed by atoms with Crippen molar-refractivity contribution in [1.82, 2.24) is 9.13 Å². The second kappa shape index (κ2) is 9.49. The largest absolute Gasteiger partial charge is 0.309 e. The molecule has 1 aliphatic carbocycles. The summed E-state index contributed by atoms with van der Waals surface area (Å²) in [6.07, 6.45) is 0. The summed E-state index contributed by atoms with van der Waals surface area (Å²) in [7, 11) is 0. The van der Waals surface area contributed by atoms with E-state index in [4.69, 9.17) is 0 Å². The summed E-state index contributed by atoms with van der Waals surface area (Å²) in [6.45, 7) is 0. The van der Waals surface area contributed by atoms with Crippen molar-refractivity contribution in [3.63, 3.8) is 0 Å². The minimum absolute atomic E-state index is 1.17. The Kier molecular flexibility index (Phi) is 5.00. The fraction of sp³-hybridized carbons (Fsp3) is 0. The van der Waals surface area contributed by atoms with E-state index in [1.165, 1.54) is 110 Å². The van der Waals surface area contributed by atoms with Crippen molar-refractivity contribution in [3.05, 3.63) is 170 Å². The summed E-state index contributed by atoms with van der Waals surface area (Å²) >= 11 is 0. The summed E-state index contributed by atoms with van der Waals surface area (Å²) in [5.41, 5.74) is 12.5. The zero-order valence-corrected chi connectivity index (χ0v) is 27.1. The lowest BCUT2D eigenvalue weighted by atomic mass is 10.0. The van der Waals surface area contributed by atoms with Crippen LogP contribution in [0.15, 0.2) is 170 Å². The molecule has 0 amide bonds. The summed E-state index contributed by atoms with van der Waals surface area (Å²) in [4.78, 5) is 0. The zero-order chi connectivity index (χ0) is 32.5. The van der Waals surface area contributed by atoms with Gasteiger partial charge in [-0.15, -0.1) is 0 Å². The topological polar surface area (TPSA) is 9.86 Å². The lowest BCUT2D eigenvalue weighted by Crippen LogP contribution is -1.97. The van der Waals surface area contributed by atoms with E-state index in [1.54, 1.807) is 0 Å². The van der Waals surface area contributed by atoms with E-state index in [0.717, 1.165) is 0 Å². The van der Waals surface area contributed by atoms with Crippen molar-refractivity contribution in [2.45, 2.75) is 0 Å². The second-order valence-electron chi connectivity index (χ2n) is 13.7. The molecule has 0 unspecified atom stereocenters. The molecule has 1 aliphatic rings. The van der Waals surface area contributed by atoms with Gasteiger partial charge in [-0.25, -0.2) is 0 Å². The van der Waals surface area contributed by atoms with Gasteiger partial charge >= 0.3 is 0 Å². The normalized spacial score (nSPS) is 12.4. The van der Waals surface area contributed by atoms with E-state index in [9.17, 15) is 0 Å². The van der Waals surface area contributed by atoms with Crippen LogP contribution in [0.3, 0.4) is 0 Å². The smallest absolute Gasteiger partial charge is 0.0641 e. The number of nitrogens with zero attached hydrogens (tertiary/aromatic N) is 2. The van der Waals surface area contributed by atoms with Crippen molar-refractivity contribution in [3.8, 4) is 33.6 Å². The third-order valence-corrected chi connectivity index (χ3v) is 11.2. The fourth-order valence-electron chi connectivity index (χ4n) is 9.18. The number of rotatable bonds is 2. The van der Waals surface area contributed by atoms with Gasteiger partial charge in [-0.1, -0.05) is 133 Å². The Labute approximate surface area is 287 Å². The first kappa shape index (κ1) is 26.3. The molecular formula is C48H28N2. The van der Waals surface area contributed by atoms with Gasteiger partial charge in [-0.05, 0) is 85.4 Å². The average molecular weight is 633 g/mol. The van der Waals surface area contributed by atoms with Crippen LogP contribution in [0.4, 0.5) is 0 Å². The van der Waals surface area contributed by atoms with Gasteiger partial charge in [0.1, 0.15) is 0 Å². The first-order chi connectivity index (χ1) is 24.8. The molecule has 0 saturated heterocycles.